The molecule has 4 nitrogen and oxygen atoms in total. The molecule has 0 spiro atoms. The molecule has 0 aromatic rings. The van der Waals surface area contributed by atoms with Gasteiger partial charge in [0, 0.05) is 12.6 Å². The van der Waals surface area contributed by atoms with Crippen LogP contribution in [0.1, 0.15) is 33.1 Å². The Labute approximate surface area is 103 Å². The van der Waals surface area contributed by atoms with E-state index >= 15 is 0 Å². The number of rotatable bonds is 3. The summed E-state index contributed by atoms with van der Waals surface area (Å²) >= 11 is 0. The Morgan fingerprint density at radius 2 is 2.18 bits per heavy atom. The molecule has 2 aliphatic rings. The van der Waals surface area contributed by atoms with E-state index in [1.165, 1.54) is 19.4 Å². The van der Waals surface area contributed by atoms with Crippen molar-refractivity contribution in [2.45, 2.75) is 45.2 Å². The molecule has 3 unspecified atom stereocenters. The average Bonchev–Trinajstić information content (AvgIpc) is 2.78. The summed E-state index contributed by atoms with van der Waals surface area (Å²) in [6, 6.07) is 0.303. The first-order valence-corrected chi connectivity index (χ1v) is 6.78. The summed E-state index contributed by atoms with van der Waals surface area (Å²) in [5.41, 5.74) is 0. The van der Waals surface area contributed by atoms with Crippen molar-refractivity contribution in [3.63, 3.8) is 0 Å². The molecular formula is C13H24N2O2. The number of hydrogen-bond acceptors (Lipinski definition) is 3. The highest BCUT2D eigenvalue weighted by atomic mass is 16.4. The van der Waals surface area contributed by atoms with Gasteiger partial charge in [-0.1, -0.05) is 0 Å². The van der Waals surface area contributed by atoms with Crippen LogP contribution in [0.2, 0.25) is 0 Å². The van der Waals surface area contributed by atoms with Gasteiger partial charge in [0.05, 0.1) is 0 Å². The molecule has 2 aliphatic heterocycles. The molecule has 2 fully saturated rings. The fourth-order valence-electron chi connectivity index (χ4n) is 3.20. The van der Waals surface area contributed by atoms with Crippen molar-refractivity contribution >= 4 is 5.97 Å². The van der Waals surface area contributed by atoms with E-state index in [1.807, 2.05) is 0 Å². The van der Waals surface area contributed by atoms with E-state index in [4.69, 9.17) is 5.11 Å². The summed E-state index contributed by atoms with van der Waals surface area (Å²) in [5.74, 6) is 0.546. The standard InChI is InChI=1S/C13H24N2O2/c1-9(2)15-5-3-4-10(8-15)11-6-12(13(16)17)14-7-11/h9-12,14H,3-8H2,1-2H3,(H,16,17). The zero-order valence-corrected chi connectivity index (χ0v) is 10.9. The molecule has 0 radical (unpaired) electrons. The van der Waals surface area contributed by atoms with Gasteiger partial charge in [-0.05, 0) is 58.0 Å². The van der Waals surface area contributed by atoms with Gasteiger partial charge >= 0.3 is 5.97 Å². The molecule has 4 heteroatoms. The summed E-state index contributed by atoms with van der Waals surface area (Å²) in [5, 5.41) is 12.1. The smallest absolute Gasteiger partial charge is 0.320 e. The summed E-state index contributed by atoms with van der Waals surface area (Å²) in [7, 11) is 0. The number of likely N-dealkylation sites (tertiary alicyclic amines) is 1. The quantitative estimate of drug-likeness (QED) is 0.777. The van der Waals surface area contributed by atoms with Crippen molar-refractivity contribution in [3.8, 4) is 0 Å². The van der Waals surface area contributed by atoms with E-state index in [2.05, 4.69) is 24.1 Å². The second-order valence-electron chi connectivity index (χ2n) is 5.79. The normalized spacial score (nSPS) is 35.4. The third-order valence-electron chi connectivity index (χ3n) is 4.35. The highest BCUT2D eigenvalue weighted by molar-refractivity contribution is 5.73. The number of carboxylic acid groups (broad SMARTS) is 1. The first-order valence-electron chi connectivity index (χ1n) is 6.78. The highest BCUT2D eigenvalue weighted by Crippen LogP contribution is 2.30. The van der Waals surface area contributed by atoms with E-state index in [0.717, 1.165) is 19.5 Å². The van der Waals surface area contributed by atoms with Gasteiger partial charge in [0.2, 0.25) is 0 Å². The fraction of sp³-hybridized carbons (Fsp3) is 0.923. The number of nitrogens with one attached hydrogen (secondary N) is 1. The predicted octanol–water partition coefficient (Wildman–Crippen LogP) is 1.17. The maximum absolute atomic E-state index is 10.9. The molecule has 0 aliphatic carbocycles. The topological polar surface area (TPSA) is 52.6 Å². The molecule has 0 saturated carbocycles. The van der Waals surface area contributed by atoms with Crippen LogP contribution in [0.3, 0.4) is 0 Å². The zero-order valence-electron chi connectivity index (χ0n) is 10.9. The van der Waals surface area contributed by atoms with Crippen LogP contribution in [-0.2, 0) is 4.79 Å². The van der Waals surface area contributed by atoms with Crippen molar-refractivity contribution in [2.75, 3.05) is 19.6 Å². The van der Waals surface area contributed by atoms with Crippen LogP contribution >= 0.6 is 0 Å². The van der Waals surface area contributed by atoms with Crippen molar-refractivity contribution in [2.24, 2.45) is 11.8 Å². The molecule has 2 N–H and O–H groups in total. The van der Waals surface area contributed by atoms with Gasteiger partial charge in [-0.3, -0.25) is 4.79 Å². The number of carboxylic acids is 1. The van der Waals surface area contributed by atoms with Crippen molar-refractivity contribution in [1.82, 2.24) is 10.2 Å². The third kappa shape index (κ3) is 2.99. The van der Waals surface area contributed by atoms with Gasteiger partial charge in [-0.25, -0.2) is 0 Å². The average molecular weight is 240 g/mol. The monoisotopic (exact) mass is 240 g/mol. The molecule has 3 atom stereocenters. The maximum atomic E-state index is 10.9. The molecule has 0 aromatic heterocycles. The maximum Gasteiger partial charge on any atom is 0.320 e. The van der Waals surface area contributed by atoms with Crippen LogP contribution in [0.5, 0.6) is 0 Å². The lowest BCUT2D eigenvalue weighted by molar-refractivity contribution is -0.139. The largest absolute Gasteiger partial charge is 0.480 e. The Morgan fingerprint density at radius 1 is 1.41 bits per heavy atom. The van der Waals surface area contributed by atoms with Crippen LogP contribution in [0, 0.1) is 11.8 Å². The highest BCUT2D eigenvalue weighted by Gasteiger charge is 2.36. The van der Waals surface area contributed by atoms with Crippen LogP contribution in [0.25, 0.3) is 0 Å². The van der Waals surface area contributed by atoms with E-state index in [9.17, 15) is 4.79 Å². The predicted molar refractivity (Wildman–Crippen MR) is 67.0 cm³/mol. The number of hydrogen-bond donors (Lipinski definition) is 2. The van der Waals surface area contributed by atoms with Gasteiger partial charge in [0.25, 0.3) is 0 Å². The Morgan fingerprint density at radius 3 is 2.76 bits per heavy atom. The minimum Gasteiger partial charge on any atom is -0.480 e. The molecular weight excluding hydrogens is 216 g/mol. The van der Waals surface area contributed by atoms with Crippen molar-refractivity contribution in [1.29, 1.82) is 0 Å². The van der Waals surface area contributed by atoms with E-state index in [1.54, 1.807) is 0 Å². The van der Waals surface area contributed by atoms with E-state index in [0.29, 0.717) is 17.9 Å². The second-order valence-corrected chi connectivity index (χ2v) is 5.79. The second kappa shape index (κ2) is 5.36. The van der Waals surface area contributed by atoms with Crippen LogP contribution < -0.4 is 5.32 Å². The molecule has 2 rings (SSSR count). The molecule has 98 valence electrons. The molecule has 17 heavy (non-hydrogen) atoms. The van der Waals surface area contributed by atoms with Gasteiger partial charge in [0.1, 0.15) is 6.04 Å². The lowest BCUT2D eigenvalue weighted by Crippen LogP contribution is -2.42. The van der Waals surface area contributed by atoms with Gasteiger partial charge in [-0.2, -0.15) is 0 Å². The van der Waals surface area contributed by atoms with Crippen molar-refractivity contribution < 1.29 is 9.90 Å². The van der Waals surface area contributed by atoms with E-state index < -0.39 is 5.97 Å². The molecule has 0 bridgehead atoms. The SMILES string of the molecule is CC(C)N1CCCC(C2CNC(C(=O)O)C2)C1. The Kier molecular flexibility index (Phi) is 4.05. The first-order chi connectivity index (χ1) is 8.08. The summed E-state index contributed by atoms with van der Waals surface area (Å²) in [6.45, 7) is 7.73. The lowest BCUT2D eigenvalue weighted by atomic mass is 9.83. The minimum atomic E-state index is -0.691. The third-order valence-corrected chi connectivity index (χ3v) is 4.35. The Hall–Kier alpha value is -0.610. The lowest BCUT2D eigenvalue weighted by Gasteiger charge is -2.37. The van der Waals surface area contributed by atoms with Crippen LogP contribution in [-0.4, -0.2) is 47.7 Å². The minimum absolute atomic E-state index is 0.311. The first kappa shape index (κ1) is 12.8. The number of carbonyl (C=O) groups is 1. The summed E-state index contributed by atoms with van der Waals surface area (Å²) in [4.78, 5) is 13.5. The van der Waals surface area contributed by atoms with Crippen LogP contribution in [0.4, 0.5) is 0 Å². The molecule has 0 aromatic carbocycles. The Balaban J connectivity index is 1.88. The van der Waals surface area contributed by atoms with Crippen molar-refractivity contribution in [3.05, 3.63) is 0 Å². The van der Waals surface area contributed by atoms with Gasteiger partial charge in [0.15, 0.2) is 0 Å². The molecule has 2 saturated heterocycles. The zero-order chi connectivity index (χ0) is 12.4. The van der Waals surface area contributed by atoms with E-state index in [-0.39, 0.29) is 6.04 Å². The molecule has 2 heterocycles. The van der Waals surface area contributed by atoms with Gasteiger partial charge in [-0.15, -0.1) is 0 Å². The van der Waals surface area contributed by atoms with Crippen LogP contribution in [0.15, 0.2) is 0 Å². The summed E-state index contributed by atoms with van der Waals surface area (Å²) in [6.07, 6.45) is 3.34. The molecule has 0 amide bonds. The Bertz CT molecular complexity index is 281. The van der Waals surface area contributed by atoms with Gasteiger partial charge < -0.3 is 15.3 Å². The number of aliphatic carboxylic acids is 1. The summed E-state index contributed by atoms with van der Waals surface area (Å²) < 4.78 is 0. The fourth-order valence-corrected chi connectivity index (χ4v) is 3.20. The number of nitrogens with zero attached hydrogens (tertiary/aromatic N) is 1. The number of piperidine rings is 1.